The molecule has 0 bridgehead atoms. The Bertz CT molecular complexity index is 408. The zero-order valence-electron chi connectivity index (χ0n) is 10.8. The third kappa shape index (κ3) is 2.36. The summed E-state index contributed by atoms with van der Waals surface area (Å²) < 4.78 is 1.93. The minimum absolute atomic E-state index is 0.555. The van der Waals surface area contributed by atoms with Crippen LogP contribution in [0.2, 0.25) is 5.02 Å². The van der Waals surface area contributed by atoms with Gasteiger partial charge in [-0.1, -0.05) is 25.4 Å². The fraction of sp³-hybridized carbons (Fsp3) is 0.769. The molecule has 0 unspecified atom stereocenters. The second-order valence-electron chi connectivity index (χ2n) is 5.29. The molecule has 1 aromatic heterocycles. The van der Waals surface area contributed by atoms with Gasteiger partial charge in [-0.05, 0) is 32.1 Å². The number of halogens is 1. The summed E-state index contributed by atoms with van der Waals surface area (Å²) in [5, 5.41) is 15.6. The molecule has 0 atom stereocenters. The number of aromatic nitrogens is 2. The second kappa shape index (κ2) is 4.62. The van der Waals surface area contributed by atoms with Gasteiger partial charge in [0, 0.05) is 13.0 Å². The van der Waals surface area contributed by atoms with Gasteiger partial charge < -0.3 is 5.11 Å². The zero-order valence-corrected chi connectivity index (χ0v) is 11.6. The van der Waals surface area contributed by atoms with Crippen molar-refractivity contribution in [2.75, 3.05) is 0 Å². The molecule has 3 nitrogen and oxygen atoms in total. The number of aliphatic hydroxyl groups is 1. The van der Waals surface area contributed by atoms with Crippen molar-refractivity contribution in [2.24, 2.45) is 5.92 Å². The summed E-state index contributed by atoms with van der Waals surface area (Å²) in [6.07, 6.45) is 3.23. The van der Waals surface area contributed by atoms with E-state index in [1.165, 1.54) is 0 Å². The maximum Gasteiger partial charge on any atom is 0.0850 e. The van der Waals surface area contributed by atoms with E-state index in [9.17, 15) is 5.11 Å². The van der Waals surface area contributed by atoms with E-state index in [2.05, 4.69) is 25.9 Å². The Kier molecular flexibility index (Phi) is 3.50. The van der Waals surface area contributed by atoms with E-state index in [-0.39, 0.29) is 0 Å². The average molecular weight is 257 g/mol. The summed E-state index contributed by atoms with van der Waals surface area (Å²) in [5.41, 5.74) is 1.39. The standard InChI is InChI=1S/C13H21ClN2O/c1-4-10-12(14)11(16(5-2)15-10)8-13(17)6-9(3)7-13/h9,17H,4-8H2,1-3H3. The van der Waals surface area contributed by atoms with Gasteiger partial charge in [0.2, 0.25) is 0 Å². The Morgan fingerprint density at radius 3 is 2.59 bits per heavy atom. The summed E-state index contributed by atoms with van der Waals surface area (Å²) in [4.78, 5) is 0. The first-order valence-electron chi connectivity index (χ1n) is 6.45. The van der Waals surface area contributed by atoms with Crippen molar-refractivity contribution in [3.63, 3.8) is 0 Å². The van der Waals surface area contributed by atoms with E-state index in [1.54, 1.807) is 0 Å². The summed E-state index contributed by atoms with van der Waals surface area (Å²) in [7, 11) is 0. The number of hydrogen-bond donors (Lipinski definition) is 1. The number of rotatable bonds is 4. The quantitative estimate of drug-likeness (QED) is 0.900. The predicted octanol–water partition coefficient (Wildman–Crippen LogP) is 2.82. The highest BCUT2D eigenvalue weighted by Crippen LogP contribution is 2.41. The molecular weight excluding hydrogens is 236 g/mol. The Morgan fingerprint density at radius 2 is 2.12 bits per heavy atom. The van der Waals surface area contributed by atoms with Gasteiger partial charge in [-0.25, -0.2) is 0 Å². The van der Waals surface area contributed by atoms with E-state index in [0.717, 1.165) is 42.2 Å². The van der Waals surface area contributed by atoms with Crippen LogP contribution in [0.4, 0.5) is 0 Å². The Balaban J connectivity index is 2.22. The van der Waals surface area contributed by atoms with E-state index in [0.29, 0.717) is 12.3 Å². The van der Waals surface area contributed by atoms with Gasteiger partial charge in [0.05, 0.1) is 22.0 Å². The minimum Gasteiger partial charge on any atom is -0.389 e. The normalized spacial score (nSPS) is 28.2. The van der Waals surface area contributed by atoms with Crippen LogP contribution >= 0.6 is 11.6 Å². The van der Waals surface area contributed by atoms with Crippen LogP contribution in [0.1, 0.15) is 45.0 Å². The molecular formula is C13H21ClN2O. The van der Waals surface area contributed by atoms with Crippen LogP contribution in [0.15, 0.2) is 0 Å². The first kappa shape index (κ1) is 12.9. The first-order chi connectivity index (χ1) is 7.99. The van der Waals surface area contributed by atoms with Crippen molar-refractivity contribution >= 4 is 11.6 Å². The number of hydrogen-bond acceptors (Lipinski definition) is 2. The molecule has 0 amide bonds. The molecule has 0 aromatic carbocycles. The molecule has 0 spiro atoms. The summed E-state index contributed by atoms with van der Waals surface area (Å²) in [6.45, 7) is 7.09. The molecule has 0 radical (unpaired) electrons. The SMILES string of the molecule is CCc1nn(CC)c(CC2(O)CC(C)C2)c1Cl. The van der Waals surface area contributed by atoms with Gasteiger partial charge in [0.25, 0.3) is 0 Å². The predicted molar refractivity (Wildman–Crippen MR) is 69.3 cm³/mol. The maximum atomic E-state index is 10.4. The monoisotopic (exact) mass is 256 g/mol. The smallest absolute Gasteiger partial charge is 0.0850 e. The van der Waals surface area contributed by atoms with E-state index in [1.807, 2.05) is 4.68 Å². The van der Waals surface area contributed by atoms with E-state index >= 15 is 0 Å². The van der Waals surface area contributed by atoms with Crippen LogP contribution in [0.5, 0.6) is 0 Å². The van der Waals surface area contributed by atoms with Crippen molar-refractivity contribution in [3.8, 4) is 0 Å². The topological polar surface area (TPSA) is 38.0 Å². The van der Waals surface area contributed by atoms with Crippen LogP contribution in [-0.2, 0) is 19.4 Å². The van der Waals surface area contributed by atoms with Gasteiger partial charge in [-0.15, -0.1) is 0 Å². The van der Waals surface area contributed by atoms with Crippen LogP contribution in [0, 0.1) is 5.92 Å². The van der Waals surface area contributed by atoms with E-state index < -0.39 is 5.60 Å². The van der Waals surface area contributed by atoms with Crippen LogP contribution in [-0.4, -0.2) is 20.5 Å². The van der Waals surface area contributed by atoms with Crippen molar-refractivity contribution in [3.05, 3.63) is 16.4 Å². The van der Waals surface area contributed by atoms with Crippen LogP contribution in [0.25, 0.3) is 0 Å². The molecule has 1 fully saturated rings. The molecule has 1 N–H and O–H groups in total. The molecule has 1 aromatic rings. The fourth-order valence-corrected chi connectivity index (χ4v) is 3.22. The van der Waals surface area contributed by atoms with E-state index in [4.69, 9.17) is 11.6 Å². The summed E-state index contributed by atoms with van der Waals surface area (Å²) in [5.74, 6) is 0.627. The fourth-order valence-electron chi connectivity index (χ4n) is 2.88. The lowest BCUT2D eigenvalue weighted by Crippen LogP contribution is -2.45. The van der Waals surface area contributed by atoms with Gasteiger partial charge in [0.15, 0.2) is 0 Å². The molecule has 96 valence electrons. The lowest BCUT2D eigenvalue weighted by molar-refractivity contribution is -0.0678. The van der Waals surface area contributed by atoms with Crippen LogP contribution < -0.4 is 0 Å². The Hall–Kier alpha value is -0.540. The van der Waals surface area contributed by atoms with Crippen molar-refractivity contribution < 1.29 is 5.11 Å². The van der Waals surface area contributed by atoms with Gasteiger partial charge in [-0.2, -0.15) is 5.10 Å². The molecule has 4 heteroatoms. The van der Waals surface area contributed by atoms with Crippen molar-refractivity contribution in [1.29, 1.82) is 0 Å². The molecule has 1 heterocycles. The highest BCUT2D eigenvalue weighted by atomic mass is 35.5. The summed E-state index contributed by atoms with van der Waals surface area (Å²) in [6, 6.07) is 0. The number of aryl methyl sites for hydroxylation is 2. The number of nitrogens with zero attached hydrogens (tertiary/aromatic N) is 2. The molecule has 1 saturated carbocycles. The lowest BCUT2D eigenvalue weighted by Gasteiger charge is -2.42. The Morgan fingerprint density at radius 1 is 1.47 bits per heavy atom. The largest absolute Gasteiger partial charge is 0.389 e. The lowest BCUT2D eigenvalue weighted by atomic mass is 9.69. The Labute approximate surface area is 108 Å². The van der Waals surface area contributed by atoms with Crippen LogP contribution in [0.3, 0.4) is 0 Å². The second-order valence-corrected chi connectivity index (χ2v) is 5.67. The van der Waals surface area contributed by atoms with Gasteiger partial charge in [-0.3, -0.25) is 4.68 Å². The first-order valence-corrected chi connectivity index (χ1v) is 6.83. The van der Waals surface area contributed by atoms with Crippen molar-refractivity contribution in [2.45, 2.75) is 58.6 Å². The highest BCUT2D eigenvalue weighted by Gasteiger charge is 2.41. The third-order valence-electron chi connectivity index (χ3n) is 3.65. The molecule has 17 heavy (non-hydrogen) atoms. The molecule has 2 rings (SSSR count). The molecule has 1 aliphatic rings. The average Bonchev–Trinajstić information content (AvgIpc) is 2.54. The van der Waals surface area contributed by atoms with Gasteiger partial charge >= 0.3 is 0 Å². The van der Waals surface area contributed by atoms with Crippen molar-refractivity contribution in [1.82, 2.24) is 9.78 Å². The van der Waals surface area contributed by atoms with Gasteiger partial charge in [0.1, 0.15) is 0 Å². The zero-order chi connectivity index (χ0) is 12.6. The molecule has 0 aliphatic heterocycles. The molecule has 1 aliphatic carbocycles. The molecule has 0 saturated heterocycles. The highest BCUT2D eigenvalue weighted by molar-refractivity contribution is 6.31. The minimum atomic E-state index is -0.555. The summed E-state index contributed by atoms with van der Waals surface area (Å²) >= 11 is 6.34. The third-order valence-corrected chi connectivity index (χ3v) is 4.08. The maximum absolute atomic E-state index is 10.4.